The van der Waals surface area contributed by atoms with Gasteiger partial charge in [-0.3, -0.25) is 0 Å². The number of aliphatic imine (C=N–C) groups is 1. The lowest BCUT2D eigenvalue weighted by Gasteiger charge is -2.19. The summed E-state index contributed by atoms with van der Waals surface area (Å²) in [6.07, 6.45) is 1.88. The molecule has 1 aliphatic rings. The Hall–Kier alpha value is -1.24. The molecular weight excluding hydrogens is 538 g/mol. The Labute approximate surface area is 199 Å². The second kappa shape index (κ2) is 10.4. The zero-order valence-corrected chi connectivity index (χ0v) is 21.3. The van der Waals surface area contributed by atoms with E-state index in [1.165, 1.54) is 35.8 Å². The highest BCUT2D eigenvalue weighted by Crippen LogP contribution is 2.48. The maximum Gasteiger partial charge on any atom is 0.252 e. The first kappa shape index (κ1) is 25.0. The third-order valence-electron chi connectivity index (χ3n) is 5.00. The van der Waals surface area contributed by atoms with Gasteiger partial charge in [0.05, 0.1) is 6.54 Å². The second-order valence-electron chi connectivity index (χ2n) is 7.32. The van der Waals surface area contributed by atoms with E-state index in [0.717, 1.165) is 23.3 Å². The lowest BCUT2D eigenvalue weighted by atomic mass is 9.95. The Morgan fingerprint density at radius 3 is 2.50 bits per heavy atom. The van der Waals surface area contributed by atoms with E-state index in [-0.39, 0.29) is 35.2 Å². The van der Waals surface area contributed by atoms with Crippen LogP contribution in [-0.2, 0) is 22.0 Å². The van der Waals surface area contributed by atoms with E-state index >= 15 is 0 Å². The Morgan fingerprint density at radius 2 is 1.90 bits per heavy atom. The topological polar surface area (TPSA) is 73.8 Å². The van der Waals surface area contributed by atoms with Crippen molar-refractivity contribution in [2.24, 2.45) is 4.99 Å². The maximum absolute atomic E-state index is 14.2. The van der Waals surface area contributed by atoms with Crippen molar-refractivity contribution in [1.29, 1.82) is 0 Å². The Balaban J connectivity index is 0.00000320. The molecule has 1 heterocycles. The molecule has 0 aliphatic heterocycles. The molecule has 166 valence electrons. The van der Waals surface area contributed by atoms with Crippen LogP contribution in [0.1, 0.15) is 30.2 Å². The van der Waals surface area contributed by atoms with E-state index in [2.05, 4.69) is 15.6 Å². The van der Waals surface area contributed by atoms with Crippen molar-refractivity contribution in [2.45, 2.75) is 35.9 Å². The maximum atomic E-state index is 14.2. The van der Waals surface area contributed by atoms with Gasteiger partial charge in [0.2, 0.25) is 0 Å². The zero-order valence-electron chi connectivity index (χ0n) is 17.3. The number of nitrogens with one attached hydrogen (secondary N) is 2. The number of sulfonamides is 1. The van der Waals surface area contributed by atoms with E-state index in [1.54, 1.807) is 18.2 Å². The van der Waals surface area contributed by atoms with Gasteiger partial charge >= 0.3 is 0 Å². The molecule has 3 rings (SSSR count). The number of nitrogens with zero attached hydrogens (tertiary/aromatic N) is 2. The van der Waals surface area contributed by atoms with Crippen LogP contribution in [0.4, 0.5) is 4.39 Å². The molecule has 10 heteroatoms. The number of rotatable bonds is 8. The van der Waals surface area contributed by atoms with Crippen LogP contribution in [0.2, 0.25) is 0 Å². The molecule has 1 aromatic heterocycles. The highest BCUT2D eigenvalue weighted by molar-refractivity contribution is 14.0. The largest absolute Gasteiger partial charge is 0.357 e. The lowest BCUT2D eigenvalue weighted by Crippen LogP contribution is -2.41. The fourth-order valence-electron chi connectivity index (χ4n) is 3.10. The standard InChI is InChI=1S/C20H27FN4O2S2.HI/c1-4-22-19(23-13-15-9-10-18(28-15)29(26,27)25(2)3)24-14-20(11-12-20)16-7-5-6-8-17(16)21;/h5-10H,4,11-14H2,1-3H3,(H2,22,23,24);1H. The van der Waals surface area contributed by atoms with Gasteiger partial charge in [-0.1, -0.05) is 18.2 Å². The number of guanidine groups is 1. The molecule has 1 aromatic carbocycles. The fourth-order valence-corrected chi connectivity index (χ4v) is 5.55. The molecule has 0 spiro atoms. The third-order valence-corrected chi connectivity index (χ3v) is 8.35. The van der Waals surface area contributed by atoms with Crippen molar-refractivity contribution in [1.82, 2.24) is 14.9 Å². The monoisotopic (exact) mass is 566 g/mol. The molecule has 2 aromatic rings. The van der Waals surface area contributed by atoms with Crippen molar-refractivity contribution in [3.8, 4) is 0 Å². The van der Waals surface area contributed by atoms with Crippen molar-refractivity contribution < 1.29 is 12.8 Å². The number of hydrogen-bond donors (Lipinski definition) is 2. The van der Waals surface area contributed by atoms with Crippen LogP contribution >= 0.6 is 35.3 Å². The molecule has 1 fully saturated rings. The summed E-state index contributed by atoms with van der Waals surface area (Å²) in [7, 11) is -0.390. The smallest absolute Gasteiger partial charge is 0.252 e. The molecule has 0 saturated heterocycles. The first-order valence-corrected chi connectivity index (χ1v) is 11.8. The summed E-state index contributed by atoms with van der Waals surface area (Å²) in [4.78, 5) is 5.43. The number of benzene rings is 1. The van der Waals surface area contributed by atoms with Crippen molar-refractivity contribution >= 4 is 51.3 Å². The summed E-state index contributed by atoms with van der Waals surface area (Å²) in [5.74, 6) is 0.475. The molecule has 6 nitrogen and oxygen atoms in total. The Kier molecular flexibility index (Phi) is 8.66. The molecule has 0 atom stereocenters. The van der Waals surface area contributed by atoms with Gasteiger partial charge in [-0.25, -0.2) is 22.1 Å². The highest BCUT2D eigenvalue weighted by Gasteiger charge is 2.45. The normalized spacial score (nSPS) is 15.6. The molecule has 30 heavy (non-hydrogen) atoms. The van der Waals surface area contributed by atoms with Gasteiger partial charge in [-0.05, 0) is 43.5 Å². The average Bonchev–Trinajstić information content (AvgIpc) is 3.31. The highest BCUT2D eigenvalue weighted by atomic mass is 127. The van der Waals surface area contributed by atoms with Gasteiger partial charge in [-0.15, -0.1) is 35.3 Å². The predicted octanol–water partition coefficient (Wildman–Crippen LogP) is 3.54. The summed E-state index contributed by atoms with van der Waals surface area (Å²) < 4.78 is 40.1. The fraction of sp³-hybridized carbons (Fsp3) is 0.450. The van der Waals surface area contributed by atoms with Crippen molar-refractivity contribution in [3.05, 3.63) is 52.7 Å². The first-order chi connectivity index (χ1) is 13.8. The van der Waals surface area contributed by atoms with Crippen LogP contribution in [0.25, 0.3) is 0 Å². The van der Waals surface area contributed by atoms with E-state index in [0.29, 0.717) is 29.8 Å². The van der Waals surface area contributed by atoms with Crippen LogP contribution in [0.15, 0.2) is 45.6 Å². The summed E-state index contributed by atoms with van der Waals surface area (Å²) in [5.41, 5.74) is 0.567. The molecular formula is C20H28FIN4O2S2. The zero-order chi connectivity index (χ0) is 21.1. The van der Waals surface area contributed by atoms with Crippen molar-refractivity contribution in [3.63, 3.8) is 0 Å². The first-order valence-electron chi connectivity index (χ1n) is 9.57. The molecule has 1 aliphatic carbocycles. The quantitative estimate of drug-likeness (QED) is 0.292. The number of hydrogen-bond acceptors (Lipinski definition) is 4. The minimum absolute atomic E-state index is 0. The van der Waals surface area contributed by atoms with Gasteiger partial charge in [0, 0.05) is 37.5 Å². The summed E-state index contributed by atoms with van der Waals surface area (Å²) in [5, 5.41) is 6.52. The van der Waals surface area contributed by atoms with E-state index in [1.807, 2.05) is 19.1 Å². The van der Waals surface area contributed by atoms with Crippen LogP contribution in [-0.4, -0.2) is 45.9 Å². The van der Waals surface area contributed by atoms with E-state index < -0.39 is 10.0 Å². The summed E-state index contributed by atoms with van der Waals surface area (Å²) in [6.45, 7) is 3.65. The molecule has 0 unspecified atom stereocenters. The van der Waals surface area contributed by atoms with Gasteiger partial charge in [-0.2, -0.15) is 0 Å². The van der Waals surface area contributed by atoms with Crippen molar-refractivity contribution in [2.75, 3.05) is 27.2 Å². The van der Waals surface area contributed by atoms with Gasteiger partial charge in [0.25, 0.3) is 10.0 Å². The van der Waals surface area contributed by atoms with Crippen LogP contribution in [0, 0.1) is 5.82 Å². The van der Waals surface area contributed by atoms with Gasteiger partial charge in [0.1, 0.15) is 10.0 Å². The van der Waals surface area contributed by atoms with Crippen LogP contribution in [0.3, 0.4) is 0 Å². The number of halogens is 2. The average molecular weight is 567 g/mol. The van der Waals surface area contributed by atoms with Gasteiger partial charge < -0.3 is 10.6 Å². The lowest BCUT2D eigenvalue weighted by molar-refractivity contribution is 0.523. The summed E-state index contributed by atoms with van der Waals surface area (Å²) in [6, 6.07) is 10.3. The molecule has 0 radical (unpaired) electrons. The third kappa shape index (κ3) is 5.71. The molecule has 2 N–H and O–H groups in total. The van der Waals surface area contributed by atoms with E-state index in [4.69, 9.17) is 0 Å². The molecule has 0 bridgehead atoms. The Morgan fingerprint density at radius 1 is 1.20 bits per heavy atom. The molecule has 1 saturated carbocycles. The SMILES string of the molecule is CCNC(=NCc1ccc(S(=O)(=O)N(C)C)s1)NCC1(c2ccccc2F)CC1.I. The Bertz CT molecular complexity index is 988. The van der Waals surface area contributed by atoms with Crippen LogP contribution in [0.5, 0.6) is 0 Å². The second-order valence-corrected chi connectivity index (χ2v) is 10.9. The van der Waals surface area contributed by atoms with Crippen LogP contribution < -0.4 is 10.6 Å². The summed E-state index contributed by atoms with van der Waals surface area (Å²) >= 11 is 1.22. The van der Waals surface area contributed by atoms with Gasteiger partial charge in [0.15, 0.2) is 5.96 Å². The minimum atomic E-state index is -3.42. The molecule has 0 amide bonds. The minimum Gasteiger partial charge on any atom is -0.357 e. The number of thiophene rings is 1. The predicted molar refractivity (Wildman–Crippen MR) is 131 cm³/mol. The van der Waals surface area contributed by atoms with E-state index in [9.17, 15) is 12.8 Å².